The van der Waals surface area contributed by atoms with Crippen molar-refractivity contribution in [3.63, 3.8) is 0 Å². The van der Waals surface area contributed by atoms with Crippen molar-refractivity contribution in [1.29, 1.82) is 0 Å². The zero-order valence-corrected chi connectivity index (χ0v) is 9.89. The van der Waals surface area contributed by atoms with E-state index in [1.165, 1.54) is 6.08 Å². The van der Waals surface area contributed by atoms with Gasteiger partial charge in [0.15, 0.2) is 0 Å². The molecule has 0 atom stereocenters. The summed E-state index contributed by atoms with van der Waals surface area (Å²) in [5.41, 5.74) is 2.20. The fourth-order valence-electron chi connectivity index (χ4n) is 0.937. The van der Waals surface area contributed by atoms with Gasteiger partial charge in [0.2, 0.25) is 0 Å². The van der Waals surface area contributed by atoms with Crippen LogP contribution in [0.15, 0.2) is 72.4 Å². The molecule has 84 valence electrons. The van der Waals surface area contributed by atoms with Crippen molar-refractivity contribution in [3.05, 3.63) is 72.4 Å². The molecule has 0 saturated carbocycles. The third-order valence-corrected chi connectivity index (χ3v) is 1.76. The minimum absolute atomic E-state index is 0.769. The predicted molar refractivity (Wildman–Crippen MR) is 71.2 cm³/mol. The molecule has 0 spiro atoms. The molecule has 0 aromatic rings. The molecule has 0 aliphatic rings. The molecule has 0 aliphatic heterocycles. The molecule has 0 aliphatic carbocycles. The van der Waals surface area contributed by atoms with Gasteiger partial charge in [-0.1, -0.05) is 66.3 Å². The Morgan fingerprint density at radius 1 is 0.875 bits per heavy atom. The zero-order valence-electron chi connectivity index (χ0n) is 9.89. The monoisotopic (exact) mass is 214 g/mol. The molecule has 0 radical (unpaired) electrons. The molecule has 1 nitrogen and oxygen atoms in total. The second-order valence-corrected chi connectivity index (χ2v) is 3.30. The van der Waals surface area contributed by atoms with E-state index in [0.29, 0.717) is 0 Å². The Hall–Kier alpha value is -1.89. The molecule has 0 aromatic heterocycles. The second-order valence-electron chi connectivity index (χ2n) is 3.30. The SMILES string of the molecule is C=C/C=C/C(C)=C/C=C/C=C(C)/C=C/C=O. The van der Waals surface area contributed by atoms with Crippen LogP contribution in [0.2, 0.25) is 0 Å². The van der Waals surface area contributed by atoms with E-state index in [9.17, 15) is 4.79 Å². The highest BCUT2D eigenvalue weighted by Gasteiger charge is 1.78. The molecule has 0 N–H and O–H groups in total. The third kappa shape index (κ3) is 8.70. The van der Waals surface area contributed by atoms with E-state index >= 15 is 0 Å². The molecular formula is C15H18O. The average Bonchev–Trinajstić information content (AvgIpc) is 2.29. The largest absolute Gasteiger partial charge is 0.299 e. The number of rotatable bonds is 6. The summed E-state index contributed by atoms with van der Waals surface area (Å²) in [5, 5.41) is 0. The molecule has 0 heterocycles. The highest BCUT2D eigenvalue weighted by molar-refractivity contribution is 5.65. The van der Waals surface area contributed by atoms with Gasteiger partial charge in [-0.3, -0.25) is 4.79 Å². The van der Waals surface area contributed by atoms with Crippen LogP contribution in [-0.2, 0) is 4.79 Å². The van der Waals surface area contributed by atoms with E-state index in [-0.39, 0.29) is 0 Å². The molecule has 0 aromatic carbocycles. The lowest BCUT2D eigenvalue weighted by molar-refractivity contribution is -0.104. The van der Waals surface area contributed by atoms with Crippen LogP contribution in [0.3, 0.4) is 0 Å². The van der Waals surface area contributed by atoms with Gasteiger partial charge in [0.1, 0.15) is 6.29 Å². The van der Waals surface area contributed by atoms with E-state index in [0.717, 1.165) is 17.4 Å². The van der Waals surface area contributed by atoms with Crippen molar-refractivity contribution in [1.82, 2.24) is 0 Å². The summed E-state index contributed by atoms with van der Waals surface area (Å²) in [4.78, 5) is 10.1. The molecule has 0 amide bonds. The number of carbonyl (C=O) groups is 1. The Morgan fingerprint density at radius 2 is 1.38 bits per heavy atom. The van der Waals surface area contributed by atoms with E-state index in [2.05, 4.69) is 6.58 Å². The first-order valence-corrected chi connectivity index (χ1v) is 5.13. The highest BCUT2D eigenvalue weighted by Crippen LogP contribution is 1.98. The fraction of sp³-hybridized carbons (Fsp3) is 0.133. The summed E-state index contributed by atoms with van der Waals surface area (Å²) in [5.74, 6) is 0. The standard InChI is InChI=1S/C15H18O/c1-4-5-9-14(2)10-6-7-11-15(3)12-8-13-16/h4-13H,1H2,2-3H3/b7-6+,9-5+,12-8+,14-10+,15-11+. The van der Waals surface area contributed by atoms with Crippen molar-refractivity contribution in [2.45, 2.75) is 13.8 Å². The summed E-state index contributed by atoms with van der Waals surface area (Å²) >= 11 is 0. The van der Waals surface area contributed by atoms with Gasteiger partial charge in [0.05, 0.1) is 0 Å². The normalized spacial score (nSPS) is 14.1. The number of hydrogen-bond donors (Lipinski definition) is 0. The van der Waals surface area contributed by atoms with E-state index < -0.39 is 0 Å². The van der Waals surface area contributed by atoms with Crippen molar-refractivity contribution in [3.8, 4) is 0 Å². The van der Waals surface area contributed by atoms with Gasteiger partial charge >= 0.3 is 0 Å². The van der Waals surface area contributed by atoms with Crippen LogP contribution < -0.4 is 0 Å². The van der Waals surface area contributed by atoms with Crippen molar-refractivity contribution in [2.75, 3.05) is 0 Å². The average molecular weight is 214 g/mol. The summed E-state index contributed by atoms with van der Waals surface area (Å²) in [6.07, 6.45) is 17.5. The smallest absolute Gasteiger partial charge is 0.142 e. The van der Waals surface area contributed by atoms with E-state index in [1.807, 2.05) is 50.3 Å². The van der Waals surface area contributed by atoms with Crippen LogP contribution in [0.25, 0.3) is 0 Å². The van der Waals surface area contributed by atoms with Crippen LogP contribution in [0.1, 0.15) is 13.8 Å². The number of aldehydes is 1. The fourth-order valence-corrected chi connectivity index (χ4v) is 0.937. The van der Waals surface area contributed by atoms with Crippen LogP contribution in [0.5, 0.6) is 0 Å². The molecule has 0 bridgehead atoms. The Labute approximate surface area is 97.9 Å². The summed E-state index contributed by atoms with van der Waals surface area (Å²) in [6, 6.07) is 0. The maximum Gasteiger partial charge on any atom is 0.142 e. The number of hydrogen-bond acceptors (Lipinski definition) is 1. The van der Waals surface area contributed by atoms with E-state index in [1.54, 1.807) is 12.2 Å². The molecule has 1 heteroatoms. The molecular weight excluding hydrogens is 196 g/mol. The Morgan fingerprint density at radius 3 is 1.81 bits per heavy atom. The Kier molecular flexibility index (Phi) is 8.52. The third-order valence-electron chi connectivity index (χ3n) is 1.76. The molecule has 16 heavy (non-hydrogen) atoms. The van der Waals surface area contributed by atoms with Crippen molar-refractivity contribution in [2.24, 2.45) is 0 Å². The highest BCUT2D eigenvalue weighted by atomic mass is 16.1. The van der Waals surface area contributed by atoms with E-state index in [4.69, 9.17) is 0 Å². The summed E-state index contributed by atoms with van der Waals surface area (Å²) in [6.45, 7) is 7.57. The number of allylic oxidation sites excluding steroid dienone is 11. The number of carbonyl (C=O) groups excluding carboxylic acids is 1. The van der Waals surface area contributed by atoms with Crippen molar-refractivity contribution >= 4 is 6.29 Å². The van der Waals surface area contributed by atoms with Crippen LogP contribution in [0, 0.1) is 0 Å². The molecule has 0 unspecified atom stereocenters. The Balaban J connectivity index is 4.29. The van der Waals surface area contributed by atoms with Gasteiger partial charge in [-0.25, -0.2) is 0 Å². The van der Waals surface area contributed by atoms with Crippen LogP contribution in [-0.4, -0.2) is 6.29 Å². The first-order valence-electron chi connectivity index (χ1n) is 5.13. The van der Waals surface area contributed by atoms with Gasteiger partial charge in [-0.15, -0.1) is 0 Å². The summed E-state index contributed by atoms with van der Waals surface area (Å²) < 4.78 is 0. The molecule has 0 rings (SSSR count). The Bertz CT molecular complexity index is 327. The summed E-state index contributed by atoms with van der Waals surface area (Å²) in [7, 11) is 0. The predicted octanol–water partition coefficient (Wildman–Crippen LogP) is 3.93. The van der Waals surface area contributed by atoms with Crippen molar-refractivity contribution < 1.29 is 4.79 Å². The lowest BCUT2D eigenvalue weighted by Crippen LogP contribution is -1.68. The topological polar surface area (TPSA) is 17.1 Å². The van der Waals surface area contributed by atoms with Crippen LogP contribution in [0.4, 0.5) is 0 Å². The van der Waals surface area contributed by atoms with Gasteiger partial charge in [0.25, 0.3) is 0 Å². The van der Waals surface area contributed by atoms with Gasteiger partial charge in [-0.05, 0) is 19.9 Å². The zero-order chi connectivity index (χ0) is 12.2. The second kappa shape index (κ2) is 9.66. The first kappa shape index (κ1) is 14.1. The quantitative estimate of drug-likeness (QED) is 0.372. The van der Waals surface area contributed by atoms with Crippen LogP contribution >= 0.6 is 0 Å². The lowest BCUT2D eigenvalue weighted by Gasteiger charge is -1.87. The molecule has 0 saturated heterocycles. The van der Waals surface area contributed by atoms with Gasteiger partial charge in [-0.2, -0.15) is 0 Å². The van der Waals surface area contributed by atoms with Gasteiger partial charge < -0.3 is 0 Å². The first-order chi connectivity index (χ1) is 7.70. The van der Waals surface area contributed by atoms with Gasteiger partial charge in [0, 0.05) is 0 Å². The maximum atomic E-state index is 10.1. The maximum absolute atomic E-state index is 10.1. The minimum atomic E-state index is 0.769. The molecule has 0 fully saturated rings. The lowest BCUT2D eigenvalue weighted by atomic mass is 10.2. The minimum Gasteiger partial charge on any atom is -0.299 e.